The van der Waals surface area contributed by atoms with E-state index in [-0.39, 0.29) is 5.28 Å². The number of hydrogen-bond acceptors (Lipinski definition) is 3. The van der Waals surface area contributed by atoms with Crippen LogP contribution >= 0.6 is 23.2 Å². The molecular formula is C10H9Cl2N3. The molecule has 0 spiro atoms. The average molecular weight is 242 g/mol. The first-order chi connectivity index (χ1) is 7.09. The quantitative estimate of drug-likeness (QED) is 0.720. The smallest absolute Gasteiger partial charge is 0.224 e. The van der Waals surface area contributed by atoms with Crippen LogP contribution in [0.5, 0.6) is 0 Å². The van der Waals surface area contributed by atoms with Crippen molar-refractivity contribution in [3.05, 3.63) is 28.5 Å². The third-order valence-corrected chi connectivity index (χ3v) is 2.53. The molecule has 0 fully saturated rings. The second kappa shape index (κ2) is 3.83. The Labute approximate surface area is 97.6 Å². The zero-order chi connectivity index (χ0) is 11.0. The number of halogens is 2. The van der Waals surface area contributed by atoms with E-state index >= 15 is 0 Å². The highest BCUT2D eigenvalue weighted by molar-refractivity contribution is 6.36. The number of aromatic nitrogens is 2. The van der Waals surface area contributed by atoms with Crippen LogP contribution in [-0.4, -0.2) is 24.1 Å². The van der Waals surface area contributed by atoms with Crippen molar-refractivity contribution in [1.29, 1.82) is 0 Å². The van der Waals surface area contributed by atoms with Gasteiger partial charge in [0.2, 0.25) is 5.28 Å². The van der Waals surface area contributed by atoms with Gasteiger partial charge in [0.25, 0.3) is 0 Å². The molecule has 5 heteroatoms. The van der Waals surface area contributed by atoms with Crippen LogP contribution in [0.3, 0.4) is 0 Å². The van der Waals surface area contributed by atoms with Gasteiger partial charge in [-0.2, -0.15) is 4.98 Å². The summed E-state index contributed by atoms with van der Waals surface area (Å²) < 4.78 is 0. The first-order valence-electron chi connectivity index (χ1n) is 4.38. The van der Waals surface area contributed by atoms with Crippen molar-refractivity contribution in [3.63, 3.8) is 0 Å². The molecule has 78 valence electrons. The molecule has 0 saturated heterocycles. The Kier molecular flexibility index (Phi) is 2.67. The number of anilines is 1. The first kappa shape index (κ1) is 10.5. The lowest BCUT2D eigenvalue weighted by atomic mass is 10.2. The predicted molar refractivity (Wildman–Crippen MR) is 63.9 cm³/mol. The Balaban J connectivity index is 2.86. The zero-order valence-electron chi connectivity index (χ0n) is 8.33. The van der Waals surface area contributed by atoms with Gasteiger partial charge in [-0.15, -0.1) is 0 Å². The highest BCUT2D eigenvalue weighted by Crippen LogP contribution is 2.28. The number of hydrogen-bond donors (Lipinski definition) is 0. The molecule has 0 bridgehead atoms. The van der Waals surface area contributed by atoms with Crippen LogP contribution in [0, 0.1) is 0 Å². The molecule has 1 aromatic carbocycles. The van der Waals surface area contributed by atoms with Crippen molar-refractivity contribution in [1.82, 2.24) is 9.97 Å². The summed E-state index contributed by atoms with van der Waals surface area (Å²) in [5, 5.41) is 1.69. The number of rotatable bonds is 1. The minimum Gasteiger partial charge on any atom is -0.362 e. The van der Waals surface area contributed by atoms with E-state index in [2.05, 4.69) is 9.97 Å². The largest absolute Gasteiger partial charge is 0.362 e. The highest BCUT2D eigenvalue weighted by Gasteiger charge is 2.10. The van der Waals surface area contributed by atoms with E-state index in [0.29, 0.717) is 10.5 Å². The van der Waals surface area contributed by atoms with Crippen LogP contribution in [0.15, 0.2) is 18.2 Å². The van der Waals surface area contributed by atoms with Crippen molar-refractivity contribution in [2.24, 2.45) is 0 Å². The Morgan fingerprint density at radius 1 is 1.13 bits per heavy atom. The van der Waals surface area contributed by atoms with Crippen LogP contribution in [0.1, 0.15) is 0 Å². The Bertz CT molecular complexity index is 511. The molecule has 0 amide bonds. The van der Waals surface area contributed by atoms with Crippen LogP contribution in [0.4, 0.5) is 5.82 Å². The van der Waals surface area contributed by atoms with Crippen LogP contribution < -0.4 is 4.90 Å². The summed E-state index contributed by atoms with van der Waals surface area (Å²) in [5.41, 5.74) is 0.683. The SMILES string of the molecule is CN(C)c1nc(Cl)nc2c(Cl)cccc12. The van der Waals surface area contributed by atoms with Gasteiger partial charge in [0.1, 0.15) is 5.82 Å². The molecule has 0 atom stereocenters. The van der Waals surface area contributed by atoms with Gasteiger partial charge in [0.15, 0.2) is 0 Å². The molecule has 0 aliphatic carbocycles. The lowest BCUT2D eigenvalue weighted by molar-refractivity contribution is 1.06. The van der Waals surface area contributed by atoms with E-state index in [1.165, 1.54) is 0 Å². The van der Waals surface area contributed by atoms with E-state index in [1.54, 1.807) is 6.07 Å². The van der Waals surface area contributed by atoms with E-state index in [4.69, 9.17) is 23.2 Å². The maximum atomic E-state index is 6.04. The molecule has 0 aliphatic rings. The van der Waals surface area contributed by atoms with Crippen LogP contribution in [0.25, 0.3) is 10.9 Å². The van der Waals surface area contributed by atoms with Crippen molar-refractivity contribution in [3.8, 4) is 0 Å². The Hall–Kier alpha value is -1.06. The van der Waals surface area contributed by atoms with Crippen LogP contribution in [0.2, 0.25) is 10.3 Å². The minimum absolute atomic E-state index is 0.208. The van der Waals surface area contributed by atoms with E-state index in [1.807, 2.05) is 31.1 Å². The van der Waals surface area contributed by atoms with Gasteiger partial charge in [-0.05, 0) is 23.7 Å². The summed E-state index contributed by atoms with van der Waals surface area (Å²) in [5.74, 6) is 0.771. The van der Waals surface area contributed by atoms with Gasteiger partial charge in [-0.25, -0.2) is 4.98 Å². The molecule has 2 aromatic rings. The average Bonchev–Trinajstić information content (AvgIpc) is 2.18. The second-order valence-electron chi connectivity index (χ2n) is 3.35. The summed E-state index contributed by atoms with van der Waals surface area (Å²) in [7, 11) is 3.80. The van der Waals surface area contributed by atoms with Gasteiger partial charge in [0, 0.05) is 19.5 Å². The third kappa shape index (κ3) is 1.85. The Morgan fingerprint density at radius 2 is 1.87 bits per heavy atom. The molecule has 0 unspecified atom stereocenters. The molecule has 1 heterocycles. The predicted octanol–water partition coefficient (Wildman–Crippen LogP) is 3.00. The minimum atomic E-state index is 0.208. The summed E-state index contributed by atoms with van der Waals surface area (Å²) in [6.07, 6.45) is 0. The number of benzene rings is 1. The maximum Gasteiger partial charge on any atom is 0.224 e. The standard InChI is InChI=1S/C10H9Cl2N3/c1-15(2)9-6-4-3-5-7(11)8(6)13-10(12)14-9/h3-5H,1-2H3. The van der Waals surface area contributed by atoms with Crippen molar-refractivity contribution >= 4 is 39.9 Å². The Morgan fingerprint density at radius 3 is 2.53 bits per heavy atom. The molecule has 0 aliphatic heterocycles. The highest BCUT2D eigenvalue weighted by atomic mass is 35.5. The summed E-state index contributed by atoms with van der Waals surface area (Å²) in [4.78, 5) is 10.2. The molecule has 1 aromatic heterocycles. The molecule has 15 heavy (non-hydrogen) atoms. The fourth-order valence-corrected chi connectivity index (χ4v) is 1.80. The van der Waals surface area contributed by atoms with Crippen molar-refractivity contribution in [2.75, 3.05) is 19.0 Å². The lowest BCUT2D eigenvalue weighted by Gasteiger charge is -2.14. The van der Waals surface area contributed by atoms with Gasteiger partial charge < -0.3 is 4.90 Å². The molecule has 0 radical (unpaired) electrons. The number of nitrogens with zero attached hydrogens (tertiary/aromatic N) is 3. The van der Waals surface area contributed by atoms with Crippen molar-refractivity contribution in [2.45, 2.75) is 0 Å². The molecule has 0 saturated carbocycles. The van der Waals surface area contributed by atoms with Crippen molar-refractivity contribution < 1.29 is 0 Å². The first-order valence-corrected chi connectivity index (χ1v) is 5.14. The molecular weight excluding hydrogens is 233 g/mol. The molecule has 2 rings (SSSR count). The summed E-state index contributed by atoms with van der Waals surface area (Å²) >= 11 is 11.9. The number of para-hydroxylation sites is 1. The topological polar surface area (TPSA) is 29.0 Å². The van der Waals surface area contributed by atoms with Gasteiger partial charge in [-0.3, -0.25) is 0 Å². The normalized spacial score (nSPS) is 10.7. The second-order valence-corrected chi connectivity index (χ2v) is 4.09. The monoisotopic (exact) mass is 241 g/mol. The molecule has 0 N–H and O–H groups in total. The fraction of sp³-hybridized carbons (Fsp3) is 0.200. The van der Waals surface area contributed by atoms with E-state index < -0.39 is 0 Å². The maximum absolute atomic E-state index is 6.04. The van der Waals surface area contributed by atoms with E-state index in [9.17, 15) is 0 Å². The number of fused-ring (bicyclic) bond motifs is 1. The fourth-order valence-electron chi connectivity index (χ4n) is 1.42. The zero-order valence-corrected chi connectivity index (χ0v) is 9.84. The summed E-state index contributed by atoms with van der Waals surface area (Å²) in [6, 6.07) is 5.58. The third-order valence-electron chi connectivity index (χ3n) is 2.05. The lowest BCUT2D eigenvalue weighted by Crippen LogP contribution is -2.11. The van der Waals surface area contributed by atoms with Gasteiger partial charge >= 0.3 is 0 Å². The van der Waals surface area contributed by atoms with Crippen LogP contribution in [-0.2, 0) is 0 Å². The summed E-state index contributed by atoms with van der Waals surface area (Å²) in [6.45, 7) is 0. The van der Waals surface area contributed by atoms with E-state index in [0.717, 1.165) is 11.2 Å². The molecule has 3 nitrogen and oxygen atoms in total. The van der Waals surface area contributed by atoms with Gasteiger partial charge in [0.05, 0.1) is 10.5 Å². The van der Waals surface area contributed by atoms with Gasteiger partial charge in [-0.1, -0.05) is 17.7 Å².